The van der Waals surface area contributed by atoms with Gasteiger partial charge in [-0.2, -0.15) is 0 Å². The summed E-state index contributed by atoms with van der Waals surface area (Å²) in [4.78, 5) is 0.735. The number of fused-ring (bicyclic) bond motifs is 3. The van der Waals surface area contributed by atoms with Gasteiger partial charge < -0.3 is 10.6 Å². The van der Waals surface area contributed by atoms with Crippen LogP contribution in [0.1, 0.15) is 25.3 Å². The maximum Gasteiger partial charge on any atom is 0.206 e. The molecule has 1 saturated heterocycles. The van der Waals surface area contributed by atoms with Gasteiger partial charge in [0.05, 0.1) is 9.79 Å². The molecule has 2 heterocycles. The van der Waals surface area contributed by atoms with Crippen LogP contribution in [0.2, 0.25) is 0 Å². The average Bonchev–Trinajstić information content (AvgIpc) is 2.94. The Bertz CT molecular complexity index is 880. The van der Waals surface area contributed by atoms with Gasteiger partial charge in [0, 0.05) is 17.6 Å². The van der Waals surface area contributed by atoms with Crippen molar-refractivity contribution in [2.75, 3.05) is 18.4 Å². The van der Waals surface area contributed by atoms with Gasteiger partial charge in [0.1, 0.15) is 0 Å². The second kappa shape index (κ2) is 6.15. The predicted molar refractivity (Wildman–Crippen MR) is 99.7 cm³/mol. The van der Waals surface area contributed by atoms with E-state index in [0.29, 0.717) is 33.6 Å². The summed E-state index contributed by atoms with van der Waals surface area (Å²) in [6, 6.07) is 14.6. The van der Waals surface area contributed by atoms with Crippen molar-refractivity contribution < 1.29 is 8.42 Å². The van der Waals surface area contributed by atoms with Crippen molar-refractivity contribution in [2.24, 2.45) is 11.8 Å². The van der Waals surface area contributed by atoms with Gasteiger partial charge in [0.25, 0.3) is 0 Å². The molecule has 2 aromatic carbocycles. The molecule has 0 saturated carbocycles. The van der Waals surface area contributed by atoms with Crippen LogP contribution in [0.25, 0.3) is 0 Å². The topological polar surface area (TPSA) is 58.2 Å². The van der Waals surface area contributed by atoms with E-state index in [0.717, 1.165) is 24.3 Å². The van der Waals surface area contributed by atoms with Crippen molar-refractivity contribution >= 4 is 15.5 Å². The fourth-order valence-corrected chi connectivity index (χ4v) is 5.58. The number of anilines is 1. The average molecular weight is 356 g/mol. The predicted octanol–water partition coefficient (Wildman–Crippen LogP) is 3.27. The highest BCUT2D eigenvalue weighted by Crippen LogP contribution is 2.45. The molecule has 1 fully saturated rings. The minimum Gasteiger partial charge on any atom is -0.381 e. The lowest BCUT2D eigenvalue weighted by Gasteiger charge is -2.26. The second-order valence-corrected chi connectivity index (χ2v) is 9.32. The zero-order valence-corrected chi connectivity index (χ0v) is 15.4. The molecule has 0 spiro atoms. The lowest BCUT2D eigenvalue weighted by atomic mass is 9.81. The highest BCUT2D eigenvalue weighted by Gasteiger charge is 2.40. The van der Waals surface area contributed by atoms with E-state index >= 15 is 0 Å². The summed E-state index contributed by atoms with van der Waals surface area (Å²) in [5.41, 5.74) is 2.23. The van der Waals surface area contributed by atoms with Gasteiger partial charge in [-0.05, 0) is 60.8 Å². The smallest absolute Gasteiger partial charge is 0.206 e. The van der Waals surface area contributed by atoms with E-state index in [1.165, 1.54) is 0 Å². The third kappa shape index (κ3) is 2.75. The summed E-state index contributed by atoms with van der Waals surface area (Å²) in [7, 11) is -3.48. The van der Waals surface area contributed by atoms with Crippen LogP contribution in [0.3, 0.4) is 0 Å². The Morgan fingerprint density at radius 1 is 0.920 bits per heavy atom. The molecule has 25 heavy (non-hydrogen) atoms. The first-order valence-corrected chi connectivity index (χ1v) is 10.4. The van der Waals surface area contributed by atoms with Crippen molar-refractivity contribution in [3.63, 3.8) is 0 Å². The molecular weight excluding hydrogens is 332 g/mol. The van der Waals surface area contributed by atoms with Gasteiger partial charge in [-0.15, -0.1) is 0 Å². The Morgan fingerprint density at radius 2 is 1.64 bits per heavy atom. The first kappa shape index (κ1) is 16.6. The number of hydrogen-bond acceptors (Lipinski definition) is 4. The zero-order chi connectivity index (χ0) is 17.6. The molecule has 4 atom stereocenters. The molecule has 5 heteroatoms. The monoisotopic (exact) mass is 356 g/mol. The maximum absolute atomic E-state index is 13.0. The number of sulfone groups is 1. The zero-order valence-electron chi connectivity index (χ0n) is 14.6. The van der Waals surface area contributed by atoms with Crippen molar-refractivity contribution in [3.05, 3.63) is 54.1 Å². The largest absolute Gasteiger partial charge is 0.381 e. The van der Waals surface area contributed by atoms with Gasteiger partial charge in [0.2, 0.25) is 9.84 Å². The maximum atomic E-state index is 13.0. The van der Waals surface area contributed by atoms with Crippen LogP contribution >= 0.6 is 0 Å². The number of nitrogens with one attached hydrogen (secondary N) is 2. The summed E-state index contributed by atoms with van der Waals surface area (Å²) < 4.78 is 25.9. The molecule has 4 nitrogen and oxygen atoms in total. The van der Waals surface area contributed by atoms with E-state index in [-0.39, 0.29) is 0 Å². The van der Waals surface area contributed by atoms with Crippen LogP contribution in [-0.4, -0.2) is 27.5 Å². The molecule has 2 aliphatic rings. The van der Waals surface area contributed by atoms with Crippen LogP contribution in [0.15, 0.2) is 58.3 Å². The molecule has 0 aliphatic carbocycles. The molecule has 4 rings (SSSR count). The lowest BCUT2D eigenvalue weighted by molar-refractivity contribution is 0.402. The van der Waals surface area contributed by atoms with E-state index in [2.05, 4.69) is 24.5 Å². The highest BCUT2D eigenvalue weighted by atomic mass is 32.2. The molecule has 2 aliphatic heterocycles. The molecule has 132 valence electrons. The van der Waals surface area contributed by atoms with E-state index in [1.807, 2.05) is 18.2 Å². The number of rotatable bonds is 2. The lowest BCUT2D eigenvalue weighted by Crippen LogP contribution is -2.32. The quantitative estimate of drug-likeness (QED) is 0.867. The molecule has 0 bridgehead atoms. The van der Waals surface area contributed by atoms with Crippen LogP contribution in [0, 0.1) is 11.8 Å². The van der Waals surface area contributed by atoms with Crippen molar-refractivity contribution in [3.8, 4) is 0 Å². The van der Waals surface area contributed by atoms with Crippen molar-refractivity contribution in [1.29, 1.82) is 0 Å². The molecule has 2 N–H and O–H groups in total. The van der Waals surface area contributed by atoms with Crippen LogP contribution in [0.4, 0.5) is 5.69 Å². The fourth-order valence-electron chi connectivity index (χ4n) is 4.26. The normalized spacial score (nSPS) is 28.6. The minimum atomic E-state index is -3.48. The van der Waals surface area contributed by atoms with Gasteiger partial charge >= 0.3 is 0 Å². The third-order valence-electron chi connectivity index (χ3n) is 5.61. The van der Waals surface area contributed by atoms with Gasteiger partial charge in [-0.25, -0.2) is 8.42 Å². The summed E-state index contributed by atoms with van der Waals surface area (Å²) in [5, 5.41) is 7.16. The van der Waals surface area contributed by atoms with Gasteiger partial charge in [-0.1, -0.05) is 32.0 Å². The molecule has 2 unspecified atom stereocenters. The Labute approximate surface area is 149 Å². The summed E-state index contributed by atoms with van der Waals surface area (Å²) in [5.74, 6) is 1.29. The van der Waals surface area contributed by atoms with E-state index in [1.54, 1.807) is 30.3 Å². The fraction of sp³-hybridized carbons (Fsp3) is 0.400. The van der Waals surface area contributed by atoms with E-state index in [9.17, 15) is 8.42 Å². The Balaban J connectivity index is 1.78. The van der Waals surface area contributed by atoms with Crippen LogP contribution in [-0.2, 0) is 9.84 Å². The SMILES string of the molecule is CC1CNCC(C)[C@@H]2c3cc(S(=O)(=O)c4ccccc4)ccc3N[C@H]12. The third-order valence-corrected chi connectivity index (χ3v) is 7.38. The highest BCUT2D eigenvalue weighted by molar-refractivity contribution is 7.91. The van der Waals surface area contributed by atoms with Crippen LogP contribution in [0.5, 0.6) is 0 Å². The molecular formula is C20H24N2O2S. The van der Waals surface area contributed by atoms with E-state index in [4.69, 9.17) is 0 Å². The first-order valence-electron chi connectivity index (χ1n) is 8.90. The Morgan fingerprint density at radius 3 is 2.40 bits per heavy atom. The Kier molecular flexibility index (Phi) is 4.08. The van der Waals surface area contributed by atoms with Gasteiger partial charge in [-0.3, -0.25) is 0 Å². The summed E-state index contributed by atoms with van der Waals surface area (Å²) in [6.45, 7) is 6.45. The molecule has 0 aromatic heterocycles. The molecule has 0 amide bonds. The number of hydrogen-bond donors (Lipinski definition) is 2. The van der Waals surface area contributed by atoms with Crippen molar-refractivity contribution in [1.82, 2.24) is 5.32 Å². The Hall–Kier alpha value is -1.85. The summed E-state index contributed by atoms with van der Waals surface area (Å²) in [6.07, 6.45) is 0. The minimum absolute atomic E-state index is 0.339. The standard InChI is InChI=1S/C20H24N2O2S/c1-13-11-21-12-14(2)20-19(13)17-10-16(8-9-18(17)22-20)25(23,24)15-6-4-3-5-7-15/h3-10,13-14,19-22H,11-12H2,1-2H3/t13?,14?,19-,20-/m1/s1. The van der Waals surface area contributed by atoms with Crippen LogP contribution < -0.4 is 10.6 Å². The molecule has 0 radical (unpaired) electrons. The van der Waals surface area contributed by atoms with Gasteiger partial charge in [0.15, 0.2) is 0 Å². The molecule has 2 aromatic rings. The summed E-state index contributed by atoms with van der Waals surface area (Å²) >= 11 is 0. The van der Waals surface area contributed by atoms with Crippen molar-refractivity contribution in [2.45, 2.75) is 35.6 Å². The second-order valence-electron chi connectivity index (χ2n) is 7.37. The number of benzene rings is 2. The van der Waals surface area contributed by atoms with E-state index < -0.39 is 9.84 Å². The first-order chi connectivity index (χ1) is 12.0.